The van der Waals surface area contributed by atoms with Crippen molar-refractivity contribution in [2.45, 2.75) is 19.8 Å². The first-order valence-corrected chi connectivity index (χ1v) is 14.7. The standard InChI is InChI=1S/C39H26N4O3/c1-21(44)42-32-13-11-27-15-23-7-3-5-9-25(23)17-30(27)35(32)37-34(29(19-40)20-41)38(39(37)46)36-31-18-26-10-6-4-8-24(26)16-28(31)12-14-33(36)43-22(2)45/h3-18,37,46H,1-2H3,(H,42,44)(H,43,45). The van der Waals surface area contributed by atoms with E-state index in [1.54, 1.807) is 12.1 Å². The second kappa shape index (κ2) is 10.9. The number of benzene rings is 6. The average Bonchev–Trinajstić information content (AvgIpc) is 3.04. The Labute approximate surface area is 264 Å². The molecular formula is C39H26N4O3. The molecule has 0 fully saturated rings. The Bertz CT molecular complexity index is 2460. The number of nitriles is 2. The van der Waals surface area contributed by atoms with Gasteiger partial charge in [-0.15, -0.1) is 0 Å². The van der Waals surface area contributed by atoms with E-state index in [9.17, 15) is 25.2 Å². The highest BCUT2D eigenvalue weighted by atomic mass is 16.3. The van der Waals surface area contributed by atoms with Crippen LogP contribution in [0.2, 0.25) is 0 Å². The second-order valence-corrected chi connectivity index (χ2v) is 11.4. The molecular weight excluding hydrogens is 572 g/mol. The van der Waals surface area contributed by atoms with Crippen molar-refractivity contribution in [1.82, 2.24) is 0 Å². The summed E-state index contributed by atoms with van der Waals surface area (Å²) in [5.41, 5.74) is 2.44. The number of fused-ring (bicyclic) bond motifs is 4. The number of hydrogen-bond acceptors (Lipinski definition) is 5. The molecule has 0 heterocycles. The van der Waals surface area contributed by atoms with E-state index in [1.807, 2.05) is 97.1 Å². The molecule has 6 aromatic carbocycles. The quantitative estimate of drug-likeness (QED) is 0.138. The number of nitrogens with one attached hydrogen (secondary N) is 2. The summed E-state index contributed by atoms with van der Waals surface area (Å²) in [7, 11) is 0. The fourth-order valence-corrected chi connectivity index (χ4v) is 6.67. The van der Waals surface area contributed by atoms with Crippen molar-refractivity contribution in [2.75, 3.05) is 10.6 Å². The molecule has 0 aromatic heterocycles. The Morgan fingerprint density at radius 3 is 1.67 bits per heavy atom. The van der Waals surface area contributed by atoms with Gasteiger partial charge < -0.3 is 15.7 Å². The van der Waals surface area contributed by atoms with Crippen LogP contribution < -0.4 is 10.6 Å². The van der Waals surface area contributed by atoms with E-state index in [1.165, 1.54) is 13.8 Å². The lowest BCUT2D eigenvalue weighted by Crippen LogP contribution is -2.24. The van der Waals surface area contributed by atoms with Gasteiger partial charge in [0.2, 0.25) is 11.8 Å². The minimum absolute atomic E-state index is 0.0717. The molecule has 0 radical (unpaired) electrons. The van der Waals surface area contributed by atoms with E-state index in [-0.39, 0.29) is 23.1 Å². The molecule has 7 rings (SSSR count). The number of carbonyl (C=O) groups excluding carboxylic acids is 2. The number of hydrogen-bond donors (Lipinski definition) is 3. The molecule has 46 heavy (non-hydrogen) atoms. The van der Waals surface area contributed by atoms with Gasteiger partial charge in [-0.2, -0.15) is 10.5 Å². The van der Waals surface area contributed by atoms with Crippen molar-refractivity contribution in [3.05, 3.63) is 125 Å². The van der Waals surface area contributed by atoms with Crippen LogP contribution in [0.5, 0.6) is 0 Å². The Kier molecular flexibility index (Phi) is 6.73. The van der Waals surface area contributed by atoms with Gasteiger partial charge in [0.25, 0.3) is 0 Å². The largest absolute Gasteiger partial charge is 0.511 e. The van der Waals surface area contributed by atoms with E-state index in [0.29, 0.717) is 33.6 Å². The topological polar surface area (TPSA) is 126 Å². The zero-order valence-corrected chi connectivity index (χ0v) is 25.0. The maximum atomic E-state index is 12.4. The maximum Gasteiger partial charge on any atom is 0.221 e. The van der Waals surface area contributed by atoms with Crippen LogP contribution in [-0.2, 0) is 9.59 Å². The van der Waals surface area contributed by atoms with E-state index in [4.69, 9.17) is 0 Å². The third-order valence-electron chi connectivity index (χ3n) is 8.55. The fraction of sp³-hybridized carbons (Fsp3) is 0.0769. The monoisotopic (exact) mass is 598 g/mol. The molecule has 1 aliphatic rings. The first kappa shape index (κ1) is 28.3. The van der Waals surface area contributed by atoms with Gasteiger partial charge in [0.15, 0.2) is 0 Å². The third kappa shape index (κ3) is 4.51. The first-order chi connectivity index (χ1) is 22.3. The minimum Gasteiger partial charge on any atom is -0.511 e. The Morgan fingerprint density at radius 2 is 1.13 bits per heavy atom. The number of nitrogens with zero attached hydrogens (tertiary/aromatic N) is 2. The van der Waals surface area contributed by atoms with Gasteiger partial charge in [0.1, 0.15) is 23.5 Å². The summed E-state index contributed by atoms with van der Waals surface area (Å²) in [6, 6.07) is 35.3. The summed E-state index contributed by atoms with van der Waals surface area (Å²) >= 11 is 0. The van der Waals surface area contributed by atoms with Crippen LogP contribution in [0.4, 0.5) is 11.4 Å². The zero-order valence-electron chi connectivity index (χ0n) is 25.0. The van der Waals surface area contributed by atoms with Crippen molar-refractivity contribution >= 4 is 71.9 Å². The van der Waals surface area contributed by atoms with Crippen LogP contribution in [-0.4, -0.2) is 16.9 Å². The number of aliphatic hydroxyl groups is 1. The summed E-state index contributed by atoms with van der Waals surface area (Å²) in [6.07, 6.45) is 0. The third-order valence-corrected chi connectivity index (χ3v) is 8.55. The van der Waals surface area contributed by atoms with Gasteiger partial charge in [-0.05, 0) is 85.1 Å². The summed E-state index contributed by atoms with van der Waals surface area (Å²) in [5.74, 6) is -1.59. The highest BCUT2D eigenvalue weighted by Gasteiger charge is 2.43. The normalized spacial score (nSPS) is 14.2. The lowest BCUT2D eigenvalue weighted by atomic mass is 9.67. The SMILES string of the molecule is CC(=O)Nc1ccc2cc3ccccc3cc2c1C1=C(O)C(c2c(NC(C)=O)ccc3cc4ccccc4cc23)C1=C(C#N)C#N. The number of aliphatic hydroxyl groups excluding tert-OH is 1. The van der Waals surface area contributed by atoms with Crippen LogP contribution in [0.15, 0.2) is 114 Å². The molecule has 7 nitrogen and oxygen atoms in total. The predicted octanol–water partition coefficient (Wildman–Crippen LogP) is 8.63. The van der Waals surface area contributed by atoms with Crippen molar-refractivity contribution in [3.8, 4) is 12.1 Å². The van der Waals surface area contributed by atoms with Crippen molar-refractivity contribution in [1.29, 1.82) is 10.5 Å². The molecule has 0 saturated heterocycles. The number of rotatable bonds is 4. The zero-order chi connectivity index (χ0) is 32.1. The fourth-order valence-electron chi connectivity index (χ4n) is 6.67. The van der Waals surface area contributed by atoms with Crippen LogP contribution in [0.3, 0.4) is 0 Å². The maximum absolute atomic E-state index is 12.4. The molecule has 0 aliphatic heterocycles. The van der Waals surface area contributed by atoms with E-state index >= 15 is 0 Å². The lowest BCUT2D eigenvalue weighted by Gasteiger charge is -2.36. The number of allylic oxidation sites excluding steroid dienone is 3. The summed E-state index contributed by atoms with van der Waals surface area (Å²) in [5, 5.41) is 45.6. The summed E-state index contributed by atoms with van der Waals surface area (Å²) < 4.78 is 0. The van der Waals surface area contributed by atoms with Crippen LogP contribution >= 0.6 is 0 Å². The molecule has 6 aromatic rings. The van der Waals surface area contributed by atoms with Crippen LogP contribution in [0.25, 0.3) is 48.7 Å². The number of amides is 2. The van der Waals surface area contributed by atoms with Crippen LogP contribution in [0, 0.1) is 22.7 Å². The van der Waals surface area contributed by atoms with Crippen molar-refractivity contribution in [2.24, 2.45) is 0 Å². The minimum atomic E-state index is -0.906. The van der Waals surface area contributed by atoms with Gasteiger partial charge in [0, 0.05) is 41.9 Å². The Balaban J connectivity index is 1.59. The molecule has 1 atom stereocenters. The average molecular weight is 599 g/mol. The molecule has 0 bridgehead atoms. The van der Waals surface area contributed by atoms with Gasteiger partial charge in [-0.1, -0.05) is 60.7 Å². The smallest absolute Gasteiger partial charge is 0.221 e. The van der Waals surface area contributed by atoms with Crippen molar-refractivity contribution < 1.29 is 14.7 Å². The highest BCUT2D eigenvalue weighted by Crippen LogP contribution is 2.57. The highest BCUT2D eigenvalue weighted by molar-refractivity contribution is 6.14. The van der Waals surface area contributed by atoms with Gasteiger partial charge in [-0.3, -0.25) is 9.59 Å². The van der Waals surface area contributed by atoms with E-state index in [2.05, 4.69) is 10.6 Å². The summed E-state index contributed by atoms with van der Waals surface area (Å²) in [6.45, 7) is 2.81. The van der Waals surface area contributed by atoms with Crippen LogP contribution in [0.1, 0.15) is 30.9 Å². The predicted molar refractivity (Wildman–Crippen MR) is 182 cm³/mol. The molecule has 1 aliphatic carbocycles. The summed E-state index contributed by atoms with van der Waals surface area (Å²) in [4.78, 5) is 24.8. The molecule has 1 unspecified atom stereocenters. The van der Waals surface area contributed by atoms with Crippen molar-refractivity contribution in [3.63, 3.8) is 0 Å². The van der Waals surface area contributed by atoms with E-state index in [0.717, 1.165) is 43.1 Å². The Hall–Kier alpha value is -6.44. The number of carbonyl (C=O) groups is 2. The van der Waals surface area contributed by atoms with Gasteiger partial charge in [0.05, 0.1) is 5.92 Å². The molecule has 0 saturated carbocycles. The van der Waals surface area contributed by atoms with E-state index < -0.39 is 5.92 Å². The van der Waals surface area contributed by atoms with Gasteiger partial charge >= 0.3 is 0 Å². The molecule has 0 spiro atoms. The number of anilines is 2. The first-order valence-electron chi connectivity index (χ1n) is 14.7. The Morgan fingerprint density at radius 1 is 0.652 bits per heavy atom. The van der Waals surface area contributed by atoms with Gasteiger partial charge in [-0.25, -0.2) is 0 Å². The molecule has 7 heteroatoms. The molecule has 2 amide bonds. The second-order valence-electron chi connectivity index (χ2n) is 11.4. The molecule has 3 N–H and O–H groups in total. The lowest BCUT2D eigenvalue weighted by molar-refractivity contribution is -0.115. The molecule has 220 valence electrons.